The molecular formula is C10H23NOS. The van der Waals surface area contributed by atoms with Gasteiger partial charge in [-0.3, -0.25) is 0 Å². The van der Waals surface area contributed by atoms with Gasteiger partial charge in [-0.2, -0.15) is 11.8 Å². The Balaban J connectivity index is 3.46. The summed E-state index contributed by atoms with van der Waals surface area (Å²) < 4.78 is 5.12. The van der Waals surface area contributed by atoms with Crippen molar-refractivity contribution in [3.63, 3.8) is 0 Å². The molecule has 0 aromatic rings. The van der Waals surface area contributed by atoms with Crippen molar-refractivity contribution in [1.82, 2.24) is 5.32 Å². The van der Waals surface area contributed by atoms with Gasteiger partial charge in [0.1, 0.15) is 0 Å². The Morgan fingerprint density at radius 1 is 1.46 bits per heavy atom. The molecule has 0 radical (unpaired) electrons. The third-order valence-corrected chi connectivity index (χ3v) is 2.97. The molecule has 13 heavy (non-hydrogen) atoms. The predicted octanol–water partition coefficient (Wildman–Crippen LogP) is 2.00. The number of methoxy groups -OCH3 is 1. The summed E-state index contributed by atoms with van der Waals surface area (Å²) in [5.74, 6) is 1.98. The van der Waals surface area contributed by atoms with Gasteiger partial charge in [-0.15, -0.1) is 0 Å². The summed E-state index contributed by atoms with van der Waals surface area (Å²) in [6.45, 7) is 6.39. The molecule has 0 aliphatic rings. The van der Waals surface area contributed by atoms with E-state index in [2.05, 4.69) is 25.4 Å². The highest BCUT2D eigenvalue weighted by Gasteiger charge is 2.06. The van der Waals surface area contributed by atoms with Crippen molar-refractivity contribution in [2.45, 2.75) is 26.3 Å². The van der Waals surface area contributed by atoms with E-state index in [1.165, 1.54) is 5.75 Å². The van der Waals surface area contributed by atoms with E-state index in [0.29, 0.717) is 6.04 Å². The first kappa shape index (κ1) is 13.3. The summed E-state index contributed by atoms with van der Waals surface area (Å²) in [7, 11) is 1.76. The lowest BCUT2D eigenvalue weighted by molar-refractivity contribution is 0.163. The maximum Gasteiger partial charge on any atom is 0.0615 e. The predicted molar refractivity (Wildman–Crippen MR) is 61.5 cm³/mol. The van der Waals surface area contributed by atoms with E-state index in [1.807, 2.05) is 11.8 Å². The molecule has 0 aromatic heterocycles. The van der Waals surface area contributed by atoms with Gasteiger partial charge in [0, 0.05) is 13.2 Å². The van der Waals surface area contributed by atoms with E-state index in [1.54, 1.807) is 7.11 Å². The maximum atomic E-state index is 5.12. The van der Waals surface area contributed by atoms with Gasteiger partial charge >= 0.3 is 0 Å². The average Bonchev–Trinajstić information content (AvgIpc) is 2.12. The SMILES string of the molecule is CCC(COC)NCC(C)CSC. The molecule has 0 amide bonds. The molecule has 0 saturated carbocycles. The molecule has 0 heterocycles. The van der Waals surface area contributed by atoms with Crippen molar-refractivity contribution >= 4 is 11.8 Å². The first-order chi connectivity index (χ1) is 6.24. The van der Waals surface area contributed by atoms with Crippen LogP contribution >= 0.6 is 11.8 Å². The molecule has 0 fully saturated rings. The minimum absolute atomic E-state index is 0.523. The van der Waals surface area contributed by atoms with Crippen LogP contribution in [0.1, 0.15) is 20.3 Å². The van der Waals surface area contributed by atoms with Crippen molar-refractivity contribution in [2.75, 3.05) is 32.3 Å². The van der Waals surface area contributed by atoms with Crippen LogP contribution in [0.2, 0.25) is 0 Å². The fraction of sp³-hybridized carbons (Fsp3) is 1.00. The Kier molecular flexibility index (Phi) is 9.03. The lowest BCUT2D eigenvalue weighted by atomic mass is 10.2. The van der Waals surface area contributed by atoms with E-state index in [4.69, 9.17) is 4.74 Å². The lowest BCUT2D eigenvalue weighted by Crippen LogP contribution is -2.36. The second-order valence-corrected chi connectivity index (χ2v) is 4.44. The standard InChI is InChI=1S/C10H23NOS/c1-5-10(7-12-3)11-6-9(2)8-13-4/h9-11H,5-8H2,1-4H3. The molecule has 2 nitrogen and oxygen atoms in total. The van der Waals surface area contributed by atoms with Gasteiger partial charge in [0.2, 0.25) is 0 Å². The molecule has 2 unspecified atom stereocenters. The summed E-state index contributed by atoms with van der Waals surface area (Å²) in [4.78, 5) is 0. The third-order valence-electron chi connectivity index (χ3n) is 2.07. The largest absolute Gasteiger partial charge is 0.383 e. The zero-order chi connectivity index (χ0) is 10.1. The molecule has 0 bridgehead atoms. The summed E-state index contributed by atoms with van der Waals surface area (Å²) >= 11 is 1.91. The van der Waals surface area contributed by atoms with Gasteiger partial charge in [0.15, 0.2) is 0 Å². The van der Waals surface area contributed by atoms with Crippen LogP contribution in [0.4, 0.5) is 0 Å². The summed E-state index contributed by atoms with van der Waals surface area (Å²) in [6, 6.07) is 0.523. The van der Waals surface area contributed by atoms with Crippen molar-refractivity contribution in [2.24, 2.45) is 5.92 Å². The summed E-state index contributed by atoms with van der Waals surface area (Å²) in [5.41, 5.74) is 0. The molecule has 1 N–H and O–H groups in total. The van der Waals surface area contributed by atoms with Crippen LogP contribution in [0, 0.1) is 5.92 Å². The number of ether oxygens (including phenoxy) is 1. The second-order valence-electron chi connectivity index (χ2n) is 3.53. The Morgan fingerprint density at radius 2 is 2.15 bits per heavy atom. The highest BCUT2D eigenvalue weighted by Crippen LogP contribution is 2.03. The highest BCUT2D eigenvalue weighted by atomic mass is 32.2. The number of hydrogen-bond acceptors (Lipinski definition) is 3. The number of hydrogen-bond donors (Lipinski definition) is 1. The zero-order valence-electron chi connectivity index (χ0n) is 9.30. The Morgan fingerprint density at radius 3 is 2.62 bits per heavy atom. The molecule has 0 saturated heterocycles. The van der Waals surface area contributed by atoms with Crippen LogP contribution in [-0.4, -0.2) is 38.3 Å². The van der Waals surface area contributed by atoms with E-state index in [0.717, 1.165) is 25.5 Å². The molecule has 0 aromatic carbocycles. The number of nitrogens with one attached hydrogen (secondary N) is 1. The van der Waals surface area contributed by atoms with Crippen molar-refractivity contribution < 1.29 is 4.74 Å². The van der Waals surface area contributed by atoms with Crippen LogP contribution in [-0.2, 0) is 4.74 Å². The summed E-state index contributed by atoms with van der Waals surface area (Å²) in [6.07, 6.45) is 3.29. The molecular weight excluding hydrogens is 182 g/mol. The van der Waals surface area contributed by atoms with Gasteiger partial charge in [-0.1, -0.05) is 13.8 Å². The van der Waals surface area contributed by atoms with Crippen molar-refractivity contribution in [1.29, 1.82) is 0 Å². The molecule has 0 rings (SSSR count). The topological polar surface area (TPSA) is 21.3 Å². The van der Waals surface area contributed by atoms with Crippen LogP contribution < -0.4 is 5.32 Å². The van der Waals surface area contributed by atoms with Gasteiger partial charge in [0.05, 0.1) is 6.61 Å². The minimum atomic E-state index is 0.523. The molecule has 0 aliphatic heterocycles. The van der Waals surface area contributed by atoms with Gasteiger partial charge in [-0.05, 0) is 30.9 Å². The van der Waals surface area contributed by atoms with Gasteiger partial charge in [-0.25, -0.2) is 0 Å². The first-order valence-electron chi connectivity index (χ1n) is 4.95. The fourth-order valence-corrected chi connectivity index (χ4v) is 1.92. The molecule has 0 aliphatic carbocycles. The van der Waals surface area contributed by atoms with Crippen LogP contribution in [0.5, 0.6) is 0 Å². The van der Waals surface area contributed by atoms with Crippen LogP contribution in [0.25, 0.3) is 0 Å². The van der Waals surface area contributed by atoms with Crippen molar-refractivity contribution in [3.05, 3.63) is 0 Å². The molecule has 0 spiro atoms. The third kappa shape index (κ3) is 7.35. The number of thioether (sulfide) groups is 1. The van der Waals surface area contributed by atoms with E-state index in [9.17, 15) is 0 Å². The zero-order valence-corrected chi connectivity index (χ0v) is 10.1. The van der Waals surface area contributed by atoms with E-state index < -0.39 is 0 Å². The first-order valence-corrected chi connectivity index (χ1v) is 6.35. The van der Waals surface area contributed by atoms with Crippen LogP contribution in [0.3, 0.4) is 0 Å². The monoisotopic (exact) mass is 205 g/mol. The maximum absolute atomic E-state index is 5.12. The second kappa shape index (κ2) is 8.85. The Labute approximate surface area is 86.8 Å². The van der Waals surface area contributed by atoms with E-state index >= 15 is 0 Å². The Bertz CT molecular complexity index is 111. The highest BCUT2D eigenvalue weighted by molar-refractivity contribution is 7.98. The quantitative estimate of drug-likeness (QED) is 0.655. The number of rotatable bonds is 8. The summed E-state index contributed by atoms with van der Waals surface area (Å²) in [5, 5.41) is 3.52. The minimum Gasteiger partial charge on any atom is -0.383 e. The fourth-order valence-electron chi connectivity index (χ4n) is 1.23. The lowest BCUT2D eigenvalue weighted by Gasteiger charge is -2.18. The normalized spacial score (nSPS) is 15.7. The smallest absolute Gasteiger partial charge is 0.0615 e. The van der Waals surface area contributed by atoms with E-state index in [-0.39, 0.29) is 0 Å². The van der Waals surface area contributed by atoms with Crippen molar-refractivity contribution in [3.8, 4) is 0 Å². The molecule has 3 heteroatoms. The van der Waals surface area contributed by atoms with Gasteiger partial charge < -0.3 is 10.1 Å². The Hall–Kier alpha value is 0.270. The van der Waals surface area contributed by atoms with Gasteiger partial charge in [0.25, 0.3) is 0 Å². The molecule has 2 atom stereocenters. The average molecular weight is 205 g/mol. The van der Waals surface area contributed by atoms with Crippen LogP contribution in [0.15, 0.2) is 0 Å². The molecule has 80 valence electrons.